The average Bonchev–Trinajstić information content (AvgIpc) is 2.91. The first-order chi connectivity index (χ1) is 12.8. The lowest BCUT2D eigenvalue weighted by atomic mass is 9.92. The van der Waals surface area contributed by atoms with Crippen molar-refractivity contribution in [3.63, 3.8) is 0 Å². The van der Waals surface area contributed by atoms with Gasteiger partial charge in [0.25, 0.3) is 5.91 Å². The van der Waals surface area contributed by atoms with Crippen LogP contribution in [-0.2, 0) is 16.0 Å². The number of Topliss-reactive ketones (excluding diaryl/α,β-unsaturated/α-hetero) is 1. The molecule has 7 heteroatoms. The molecular formula is C20H20ClFN2O3. The number of amides is 1. The maximum absolute atomic E-state index is 13.4. The van der Waals surface area contributed by atoms with Crippen LogP contribution in [0.25, 0.3) is 0 Å². The minimum Gasteiger partial charge on any atom is -0.373 e. The van der Waals surface area contributed by atoms with Crippen molar-refractivity contribution in [1.29, 1.82) is 0 Å². The largest absolute Gasteiger partial charge is 0.373 e. The lowest BCUT2D eigenvalue weighted by Gasteiger charge is -2.21. The lowest BCUT2D eigenvalue weighted by Crippen LogP contribution is -2.46. The van der Waals surface area contributed by atoms with E-state index in [1.54, 1.807) is 24.4 Å². The van der Waals surface area contributed by atoms with E-state index in [1.807, 2.05) is 6.92 Å². The second-order valence-electron chi connectivity index (χ2n) is 6.78. The van der Waals surface area contributed by atoms with E-state index in [2.05, 4.69) is 4.98 Å². The Kier molecular flexibility index (Phi) is 5.58. The smallest absolute Gasteiger partial charge is 0.266 e. The number of ketones is 1. The summed E-state index contributed by atoms with van der Waals surface area (Å²) in [5.41, 5.74) is 0.0348. The van der Waals surface area contributed by atoms with Crippen LogP contribution in [0.2, 0.25) is 5.02 Å². The molecule has 0 radical (unpaired) electrons. The fourth-order valence-electron chi connectivity index (χ4n) is 3.25. The molecule has 0 aliphatic carbocycles. The highest BCUT2D eigenvalue weighted by molar-refractivity contribution is 6.30. The molecule has 0 unspecified atom stereocenters. The van der Waals surface area contributed by atoms with Gasteiger partial charge in [-0.3, -0.25) is 14.6 Å². The van der Waals surface area contributed by atoms with Crippen LogP contribution in [0.3, 0.4) is 0 Å². The fourth-order valence-corrected chi connectivity index (χ4v) is 3.49. The summed E-state index contributed by atoms with van der Waals surface area (Å²) in [7, 11) is 0. The van der Waals surface area contributed by atoms with E-state index in [0.717, 1.165) is 5.69 Å². The van der Waals surface area contributed by atoms with Gasteiger partial charge in [-0.2, -0.15) is 0 Å². The maximum Gasteiger partial charge on any atom is 0.266 e. The van der Waals surface area contributed by atoms with E-state index in [1.165, 1.54) is 17.0 Å². The Morgan fingerprint density at radius 3 is 2.81 bits per heavy atom. The summed E-state index contributed by atoms with van der Waals surface area (Å²) >= 11 is 5.82. The highest BCUT2D eigenvalue weighted by atomic mass is 35.5. The molecule has 5 nitrogen and oxygen atoms in total. The number of benzene rings is 1. The topological polar surface area (TPSA) is 70.5 Å². The number of carbonyl (C=O) groups excluding carboxylic acids is 2. The SMILES string of the molecule is Cc1ccc(N2CC[C@](O)(C(=O)CCCc3cc(F)cc(Cl)c3)C2=O)cn1. The third-order valence-electron chi connectivity index (χ3n) is 4.76. The highest BCUT2D eigenvalue weighted by Gasteiger charge is 2.50. The van der Waals surface area contributed by atoms with E-state index in [0.29, 0.717) is 29.1 Å². The quantitative estimate of drug-likeness (QED) is 0.769. The van der Waals surface area contributed by atoms with Gasteiger partial charge < -0.3 is 10.0 Å². The van der Waals surface area contributed by atoms with Crippen LogP contribution >= 0.6 is 11.6 Å². The molecular weight excluding hydrogens is 371 g/mol. The van der Waals surface area contributed by atoms with Gasteiger partial charge in [-0.25, -0.2) is 4.39 Å². The van der Waals surface area contributed by atoms with Gasteiger partial charge in [0.05, 0.1) is 11.9 Å². The number of aryl methyl sites for hydroxylation is 2. The number of hydrogen-bond acceptors (Lipinski definition) is 4. The third-order valence-corrected chi connectivity index (χ3v) is 4.97. The molecule has 1 fully saturated rings. The van der Waals surface area contributed by atoms with Crippen LogP contribution in [0.15, 0.2) is 36.5 Å². The van der Waals surface area contributed by atoms with E-state index in [9.17, 15) is 19.1 Å². The molecule has 1 amide bonds. The second kappa shape index (κ2) is 7.74. The monoisotopic (exact) mass is 390 g/mol. The molecule has 0 saturated carbocycles. The van der Waals surface area contributed by atoms with Gasteiger partial charge in [0, 0.05) is 30.1 Å². The van der Waals surface area contributed by atoms with Crippen LogP contribution in [0.4, 0.5) is 10.1 Å². The third kappa shape index (κ3) is 4.17. The molecule has 3 rings (SSSR count). The summed E-state index contributed by atoms with van der Waals surface area (Å²) in [4.78, 5) is 30.7. The van der Waals surface area contributed by atoms with Gasteiger partial charge in [0.1, 0.15) is 5.82 Å². The van der Waals surface area contributed by atoms with Crippen molar-refractivity contribution in [3.8, 4) is 0 Å². The predicted molar refractivity (Wildman–Crippen MR) is 100 cm³/mol. The van der Waals surface area contributed by atoms with Crippen LogP contribution in [0.5, 0.6) is 0 Å². The van der Waals surface area contributed by atoms with E-state index in [4.69, 9.17) is 11.6 Å². The summed E-state index contributed by atoms with van der Waals surface area (Å²) in [6.07, 6.45) is 2.44. The summed E-state index contributed by atoms with van der Waals surface area (Å²) in [5, 5.41) is 11.0. The van der Waals surface area contributed by atoms with Crippen molar-refractivity contribution in [2.75, 3.05) is 11.4 Å². The number of anilines is 1. The number of rotatable bonds is 6. The van der Waals surface area contributed by atoms with Crippen molar-refractivity contribution < 1.29 is 19.1 Å². The minimum atomic E-state index is -2.01. The van der Waals surface area contributed by atoms with Crippen LogP contribution in [-0.4, -0.2) is 33.9 Å². The Morgan fingerprint density at radius 2 is 2.15 bits per heavy atom. The number of pyridine rings is 1. The molecule has 2 aromatic rings. The van der Waals surface area contributed by atoms with Crippen LogP contribution in [0, 0.1) is 12.7 Å². The predicted octanol–water partition coefficient (Wildman–Crippen LogP) is 3.24. The summed E-state index contributed by atoms with van der Waals surface area (Å²) in [6, 6.07) is 7.72. The van der Waals surface area contributed by atoms with Crippen LogP contribution in [0.1, 0.15) is 30.5 Å². The fraction of sp³-hybridized carbons (Fsp3) is 0.350. The van der Waals surface area contributed by atoms with Gasteiger partial charge in [0.15, 0.2) is 5.78 Å². The highest BCUT2D eigenvalue weighted by Crippen LogP contribution is 2.30. The maximum atomic E-state index is 13.4. The Morgan fingerprint density at radius 1 is 1.37 bits per heavy atom. The summed E-state index contributed by atoms with van der Waals surface area (Å²) in [5.74, 6) is -1.57. The summed E-state index contributed by atoms with van der Waals surface area (Å²) < 4.78 is 13.4. The van der Waals surface area contributed by atoms with Crippen molar-refractivity contribution in [2.45, 2.75) is 38.2 Å². The molecule has 1 aliphatic heterocycles. The zero-order chi connectivity index (χ0) is 19.6. The number of carbonyl (C=O) groups is 2. The van der Waals surface area contributed by atoms with E-state index < -0.39 is 23.1 Å². The summed E-state index contributed by atoms with van der Waals surface area (Å²) in [6.45, 7) is 2.09. The zero-order valence-electron chi connectivity index (χ0n) is 14.9. The molecule has 0 bridgehead atoms. The molecule has 1 N–H and O–H groups in total. The van der Waals surface area contributed by atoms with Crippen molar-refractivity contribution in [2.24, 2.45) is 0 Å². The lowest BCUT2D eigenvalue weighted by molar-refractivity contribution is -0.147. The molecule has 27 heavy (non-hydrogen) atoms. The average molecular weight is 391 g/mol. The van der Waals surface area contributed by atoms with Crippen molar-refractivity contribution in [1.82, 2.24) is 4.98 Å². The molecule has 1 atom stereocenters. The first-order valence-electron chi connectivity index (χ1n) is 8.75. The minimum absolute atomic E-state index is 0.0242. The van der Waals surface area contributed by atoms with Gasteiger partial charge in [-0.15, -0.1) is 0 Å². The first-order valence-corrected chi connectivity index (χ1v) is 9.13. The van der Waals surface area contributed by atoms with Gasteiger partial charge in [-0.1, -0.05) is 11.6 Å². The molecule has 0 spiro atoms. The molecule has 1 aromatic heterocycles. The second-order valence-corrected chi connectivity index (χ2v) is 7.22. The molecule has 1 saturated heterocycles. The molecule has 142 valence electrons. The number of aromatic nitrogens is 1. The Bertz CT molecular complexity index is 852. The van der Waals surface area contributed by atoms with Crippen molar-refractivity contribution >= 4 is 29.0 Å². The molecule has 1 aliphatic rings. The van der Waals surface area contributed by atoms with Gasteiger partial charge in [0.2, 0.25) is 5.60 Å². The van der Waals surface area contributed by atoms with E-state index in [-0.39, 0.29) is 19.4 Å². The van der Waals surface area contributed by atoms with Gasteiger partial charge >= 0.3 is 0 Å². The number of hydrogen-bond donors (Lipinski definition) is 1. The normalized spacial score (nSPS) is 19.6. The molecule has 2 heterocycles. The number of nitrogens with zero attached hydrogens (tertiary/aromatic N) is 2. The zero-order valence-corrected chi connectivity index (χ0v) is 15.7. The van der Waals surface area contributed by atoms with Crippen LogP contribution < -0.4 is 4.90 Å². The number of halogens is 2. The standard InChI is InChI=1S/C20H20ClFN2O3/c1-13-5-6-17(12-23-13)24-8-7-20(27,19(24)26)18(25)4-2-3-14-9-15(21)11-16(22)10-14/h5-6,9-12,27H,2-4,7-8H2,1H3/t20-/m0/s1. The Hall–Kier alpha value is -2.31. The number of aliphatic hydroxyl groups is 1. The van der Waals surface area contributed by atoms with Crippen molar-refractivity contribution in [3.05, 3.63) is 58.6 Å². The van der Waals surface area contributed by atoms with E-state index >= 15 is 0 Å². The molecule has 1 aromatic carbocycles. The Labute approximate surface area is 161 Å². The Balaban J connectivity index is 1.62. The van der Waals surface area contributed by atoms with Gasteiger partial charge in [-0.05, 0) is 55.7 Å². The first kappa shape index (κ1) is 19.5.